The second-order valence-electron chi connectivity index (χ2n) is 4.84. The van der Waals surface area contributed by atoms with Crippen molar-refractivity contribution in [2.75, 3.05) is 13.2 Å². The molecule has 0 fully saturated rings. The third-order valence-corrected chi connectivity index (χ3v) is 4.78. The summed E-state index contributed by atoms with van der Waals surface area (Å²) in [6, 6.07) is 12.7. The minimum Gasteiger partial charge on any atom is -0.486 e. The van der Waals surface area contributed by atoms with E-state index in [0.29, 0.717) is 29.5 Å². The van der Waals surface area contributed by atoms with Crippen LogP contribution in [0.2, 0.25) is 5.02 Å². The van der Waals surface area contributed by atoms with Crippen molar-refractivity contribution in [3.8, 4) is 11.5 Å². The lowest BCUT2D eigenvalue weighted by Gasteiger charge is -2.26. The average Bonchev–Trinajstić information content (AvgIpc) is 2.55. The van der Waals surface area contributed by atoms with Crippen LogP contribution in [0, 0.1) is 3.57 Å². The molecule has 1 unspecified atom stereocenters. The summed E-state index contributed by atoms with van der Waals surface area (Å²) in [7, 11) is 0. The molecule has 0 aromatic heterocycles. The molecule has 1 atom stereocenters. The standard InChI is InChI=1S/C16H13ClINO3/c17-12-6-5-10(7-13(12)18)16(20)19-8-11-9-21-14-3-1-2-4-15(14)22-11/h1-7,11H,8-9H2,(H,19,20). The van der Waals surface area contributed by atoms with Crippen molar-refractivity contribution in [1.29, 1.82) is 0 Å². The molecule has 114 valence electrons. The van der Waals surface area contributed by atoms with E-state index >= 15 is 0 Å². The van der Waals surface area contributed by atoms with E-state index in [1.807, 2.05) is 24.3 Å². The molecular formula is C16H13ClINO3. The van der Waals surface area contributed by atoms with Crippen LogP contribution in [-0.4, -0.2) is 25.2 Å². The van der Waals surface area contributed by atoms with E-state index in [9.17, 15) is 4.79 Å². The molecule has 1 amide bonds. The Morgan fingerprint density at radius 1 is 1.27 bits per heavy atom. The van der Waals surface area contributed by atoms with Gasteiger partial charge in [0, 0.05) is 9.13 Å². The number of nitrogens with one attached hydrogen (secondary N) is 1. The van der Waals surface area contributed by atoms with Crippen LogP contribution in [-0.2, 0) is 0 Å². The first-order valence-corrected chi connectivity index (χ1v) is 8.21. The van der Waals surface area contributed by atoms with Crippen LogP contribution >= 0.6 is 34.2 Å². The normalized spacial score (nSPS) is 16.2. The minimum atomic E-state index is -0.203. The quantitative estimate of drug-likeness (QED) is 0.760. The lowest BCUT2D eigenvalue weighted by molar-refractivity contribution is 0.0789. The Hall–Kier alpha value is -1.47. The number of amides is 1. The van der Waals surface area contributed by atoms with Gasteiger partial charge in [0.05, 0.1) is 11.6 Å². The van der Waals surface area contributed by atoms with Gasteiger partial charge in [-0.1, -0.05) is 23.7 Å². The second kappa shape index (κ2) is 6.75. The number of rotatable bonds is 3. The minimum absolute atomic E-state index is 0.156. The fourth-order valence-corrected chi connectivity index (χ4v) is 2.74. The van der Waals surface area contributed by atoms with Crippen molar-refractivity contribution in [2.45, 2.75) is 6.10 Å². The number of hydrogen-bond donors (Lipinski definition) is 1. The van der Waals surface area contributed by atoms with Gasteiger partial charge < -0.3 is 14.8 Å². The largest absolute Gasteiger partial charge is 0.486 e. The zero-order chi connectivity index (χ0) is 15.5. The second-order valence-corrected chi connectivity index (χ2v) is 6.41. The molecule has 22 heavy (non-hydrogen) atoms. The Kier molecular flexibility index (Phi) is 4.73. The molecule has 2 aromatic carbocycles. The van der Waals surface area contributed by atoms with Crippen LogP contribution in [0.5, 0.6) is 11.5 Å². The maximum absolute atomic E-state index is 12.1. The van der Waals surface area contributed by atoms with E-state index in [1.54, 1.807) is 18.2 Å². The number of halogens is 2. The van der Waals surface area contributed by atoms with Crippen molar-refractivity contribution >= 4 is 40.1 Å². The van der Waals surface area contributed by atoms with Gasteiger partial charge in [-0.2, -0.15) is 0 Å². The van der Waals surface area contributed by atoms with Crippen molar-refractivity contribution < 1.29 is 14.3 Å². The highest BCUT2D eigenvalue weighted by atomic mass is 127. The smallest absolute Gasteiger partial charge is 0.251 e. The van der Waals surface area contributed by atoms with E-state index in [-0.39, 0.29) is 12.0 Å². The summed E-state index contributed by atoms with van der Waals surface area (Å²) >= 11 is 8.05. The van der Waals surface area contributed by atoms with Crippen LogP contribution in [0.25, 0.3) is 0 Å². The summed E-state index contributed by atoms with van der Waals surface area (Å²) < 4.78 is 12.3. The molecule has 0 spiro atoms. The van der Waals surface area contributed by atoms with E-state index in [4.69, 9.17) is 21.1 Å². The Morgan fingerprint density at radius 3 is 2.82 bits per heavy atom. The molecule has 1 heterocycles. The van der Waals surface area contributed by atoms with Gasteiger partial charge in [0.25, 0.3) is 5.91 Å². The van der Waals surface area contributed by atoms with Crippen LogP contribution in [0.4, 0.5) is 0 Å². The number of fused-ring (bicyclic) bond motifs is 1. The SMILES string of the molecule is O=C(NCC1COc2ccccc2O1)c1ccc(Cl)c(I)c1. The Morgan fingerprint density at radius 2 is 2.05 bits per heavy atom. The zero-order valence-electron chi connectivity index (χ0n) is 11.5. The van der Waals surface area contributed by atoms with Crippen LogP contribution in [0.15, 0.2) is 42.5 Å². The van der Waals surface area contributed by atoms with Crippen LogP contribution < -0.4 is 14.8 Å². The highest BCUT2D eigenvalue weighted by molar-refractivity contribution is 14.1. The third-order valence-electron chi connectivity index (χ3n) is 3.24. The third kappa shape index (κ3) is 3.47. The number of carbonyl (C=O) groups is 1. The van der Waals surface area contributed by atoms with Crippen LogP contribution in [0.3, 0.4) is 0 Å². The molecule has 0 bridgehead atoms. The molecule has 1 N–H and O–H groups in total. The van der Waals surface area contributed by atoms with Gasteiger partial charge in [-0.3, -0.25) is 4.79 Å². The monoisotopic (exact) mass is 429 g/mol. The van der Waals surface area contributed by atoms with Gasteiger partial charge in [0.15, 0.2) is 11.5 Å². The van der Waals surface area contributed by atoms with Gasteiger partial charge in [-0.25, -0.2) is 0 Å². The van der Waals surface area contributed by atoms with Gasteiger partial charge >= 0.3 is 0 Å². The molecule has 1 aliphatic rings. The summed E-state index contributed by atoms with van der Waals surface area (Å²) in [4.78, 5) is 12.1. The molecule has 0 aliphatic carbocycles. The summed E-state index contributed by atoms with van der Waals surface area (Å²) in [5.74, 6) is 1.28. The Labute approximate surface area is 146 Å². The molecule has 4 nitrogen and oxygen atoms in total. The van der Waals surface area contributed by atoms with Gasteiger partial charge in [-0.15, -0.1) is 0 Å². The number of ether oxygens (including phenoxy) is 2. The Bertz CT molecular complexity index is 708. The molecule has 0 saturated heterocycles. The topological polar surface area (TPSA) is 47.6 Å². The number of hydrogen-bond acceptors (Lipinski definition) is 3. The highest BCUT2D eigenvalue weighted by Gasteiger charge is 2.21. The first kappa shape index (κ1) is 15.4. The fourth-order valence-electron chi connectivity index (χ4n) is 2.11. The highest BCUT2D eigenvalue weighted by Crippen LogP contribution is 2.30. The van der Waals surface area contributed by atoms with Crippen molar-refractivity contribution in [3.63, 3.8) is 0 Å². The molecule has 1 aliphatic heterocycles. The molecule has 3 rings (SSSR count). The predicted molar refractivity (Wildman–Crippen MR) is 92.9 cm³/mol. The lowest BCUT2D eigenvalue weighted by Crippen LogP contribution is -2.40. The van der Waals surface area contributed by atoms with E-state index in [0.717, 1.165) is 9.32 Å². The molecule has 0 radical (unpaired) electrons. The van der Waals surface area contributed by atoms with Gasteiger partial charge in [0.1, 0.15) is 12.7 Å². The predicted octanol–water partition coefficient (Wildman–Crippen LogP) is 3.51. The maximum Gasteiger partial charge on any atom is 0.251 e. The Balaban J connectivity index is 1.59. The fraction of sp³-hybridized carbons (Fsp3) is 0.188. The lowest BCUT2D eigenvalue weighted by atomic mass is 10.2. The summed E-state index contributed by atoms with van der Waals surface area (Å²) in [6.45, 7) is 0.793. The summed E-state index contributed by atoms with van der Waals surface area (Å²) in [5.41, 5.74) is 0.575. The van der Waals surface area contributed by atoms with Crippen molar-refractivity contribution in [2.24, 2.45) is 0 Å². The summed E-state index contributed by atoms with van der Waals surface area (Å²) in [6.07, 6.45) is -0.203. The first-order valence-electron chi connectivity index (χ1n) is 6.75. The molecule has 2 aromatic rings. The zero-order valence-corrected chi connectivity index (χ0v) is 14.4. The number of carbonyl (C=O) groups excluding carboxylic acids is 1. The summed E-state index contributed by atoms with van der Waals surface area (Å²) in [5, 5.41) is 3.49. The van der Waals surface area contributed by atoms with Crippen molar-refractivity contribution in [3.05, 3.63) is 56.6 Å². The molecular weight excluding hydrogens is 417 g/mol. The van der Waals surface area contributed by atoms with Gasteiger partial charge in [-0.05, 0) is 52.9 Å². The average molecular weight is 430 g/mol. The van der Waals surface area contributed by atoms with E-state index in [2.05, 4.69) is 27.9 Å². The molecule has 6 heteroatoms. The molecule has 0 saturated carbocycles. The van der Waals surface area contributed by atoms with Crippen LogP contribution in [0.1, 0.15) is 10.4 Å². The maximum atomic E-state index is 12.1. The number of benzene rings is 2. The van der Waals surface area contributed by atoms with E-state index in [1.165, 1.54) is 0 Å². The van der Waals surface area contributed by atoms with Crippen molar-refractivity contribution in [1.82, 2.24) is 5.32 Å². The van der Waals surface area contributed by atoms with E-state index < -0.39 is 0 Å². The first-order chi connectivity index (χ1) is 10.6. The number of para-hydroxylation sites is 2. The van der Waals surface area contributed by atoms with Gasteiger partial charge in [0.2, 0.25) is 0 Å².